The number of ether oxygens (including phenoxy) is 1. The number of Topliss-reactive ketones (excluding diaryl/α,β-unsaturated/α-hetero) is 1. The molecule has 2 atom stereocenters. The first-order chi connectivity index (χ1) is 17.6. The molecule has 36 heavy (non-hydrogen) atoms. The molecule has 1 aliphatic heterocycles. The van der Waals surface area contributed by atoms with E-state index in [1.165, 1.54) is 0 Å². The largest absolute Gasteiger partial charge is 0.497 e. The lowest BCUT2D eigenvalue weighted by Gasteiger charge is -2.33. The first kappa shape index (κ1) is 22.0. The van der Waals surface area contributed by atoms with Gasteiger partial charge < -0.3 is 18.9 Å². The maximum atomic E-state index is 14.1. The van der Waals surface area contributed by atoms with E-state index in [0.717, 1.165) is 17.1 Å². The van der Waals surface area contributed by atoms with Crippen LogP contribution in [-0.4, -0.2) is 18.8 Å². The predicted octanol–water partition coefficient (Wildman–Crippen LogP) is 6.10. The highest BCUT2D eigenvalue weighted by Gasteiger charge is 2.43. The third kappa shape index (κ3) is 3.69. The van der Waals surface area contributed by atoms with Crippen LogP contribution < -0.4 is 15.0 Å². The van der Waals surface area contributed by atoms with Crippen LogP contribution >= 0.6 is 0 Å². The van der Waals surface area contributed by atoms with E-state index < -0.39 is 6.04 Å². The second-order valence-corrected chi connectivity index (χ2v) is 8.90. The van der Waals surface area contributed by atoms with Gasteiger partial charge in [0.1, 0.15) is 23.3 Å². The summed E-state index contributed by atoms with van der Waals surface area (Å²) in [5, 5.41) is 3.49. The van der Waals surface area contributed by atoms with Crippen molar-refractivity contribution >= 4 is 23.1 Å². The van der Waals surface area contributed by atoms with E-state index >= 15 is 0 Å². The number of furan rings is 2. The number of ketones is 1. The Morgan fingerprint density at radius 1 is 0.917 bits per heavy atom. The maximum Gasteiger partial charge on any atom is 0.259 e. The van der Waals surface area contributed by atoms with Crippen molar-refractivity contribution in [2.45, 2.75) is 24.8 Å². The van der Waals surface area contributed by atoms with Crippen LogP contribution in [-0.2, 0) is 4.79 Å². The molecule has 2 aliphatic rings. The lowest BCUT2D eigenvalue weighted by Crippen LogP contribution is -2.38. The number of allylic oxidation sites excluding steroid dienone is 1. The van der Waals surface area contributed by atoms with Crippen molar-refractivity contribution in [3.63, 3.8) is 0 Å². The average molecular weight is 481 g/mol. The maximum absolute atomic E-state index is 14.1. The lowest BCUT2D eigenvalue weighted by atomic mass is 9.81. The summed E-state index contributed by atoms with van der Waals surface area (Å²) >= 11 is 0. The smallest absolute Gasteiger partial charge is 0.259 e. The molecule has 4 aromatic rings. The van der Waals surface area contributed by atoms with Crippen molar-refractivity contribution in [1.82, 2.24) is 0 Å². The molecule has 0 bridgehead atoms. The number of benzene rings is 2. The van der Waals surface area contributed by atoms with Crippen molar-refractivity contribution in [2.24, 2.45) is 0 Å². The first-order valence-electron chi connectivity index (χ1n) is 11.8. The number of rotatable bonds is 4. The zero-order valence-electron chi connectivity index (χ0n) is 19.6. The Bertz CT molecular complexity index is 1440. The number of fused-ring (bicyclic) bond motifs is 1. The molecule has 7 heteroatoms. The van der Waals surface area contributed by atoms with Crippen LogP contribution in [0.25, 0.3) is 0 Å². The van der Waals surface area contributed by atoms with Crippen molar-refractivity contribution in [2.75, 3.05) is 17.3 Å². The highest BCUT2D eigenvalue weighted by atomic mass is 16.5. The molecule has 0 saturated heterocycles. The molecule has 0 radical (unpaired) electrons. The van der Waals surface area contributed by atoms with Gasteiger partial charge in [-0.3, -0.25) is 14.5 Å². The number of nitrogens with zero attached hydrogens (tertiary/aromatic N) is 1. The second-order valence-electron chi connectivity index (χ2n) is 8.90. The van der Waals surface area contributed by atoms with Crippen LogP contribution in [0.5, 0.6) is 5.75 Å². The molecule has 7 nitrogen and oxygen atoms in total. The number of nitrogens with one attached hydrogen (secondary N) is 1. The van der Waals surface area contributed by atoms with Crippen LogP contribution in [0, 0.1) is 0 Å². The van der Waals surface area contributed by atoms with E-state index in [4.69, 9.17) is 13.6 Å². The van der Waals surface area contributed by atoms with Crippen LogP contribution in [0.2, 0.25) is 0 Å². The Hall–Kier alpha value is -4.52. The second kappa shape index (κ2) is 8.92. The van der Waals surface area contributed by atoms with Gasteiger partial charge in [0.2, 0.25) is 0 Å². The number of carbonyl (C=O) groups excluding carboxylic acids is 2. The Morgan fingerprint density at radius 3 is 2.33 bits per heavy atom. The van der Waals surface area contributed by atoms with Gasteiger partial charge in [-0.1, -0.05) is 12.1 Å². The quantitative estimate of drug-likeness (QED) is 0.380. The summed E-state index contributed by atoms with van der Waals surface area (Å²) in [6.07, 6.45) is 4.05. The standard InChI is InChI=1S/C29H24N2O5/c1-34-20-12-10-18(11-13-20)29(33)31-23-7-3-2-6-21(23)30-22-16-19(25-8-4-14-35-25)17-24(32)27(22)28(31)26-9-5-15-36-26/h2-15,19,28,30H,16-17H2,1H3/t19-,28+/m0/s1. The summed E-state index contributed by atoms with van der Waals surface area (Å²) in [7, 11) is 1.58. The monoisotopic (exact) mass is 480 g/mol. The van der Waals surface area contributed by atoms with Gasteiger partial charge in [-0.2, -0.15) is 0 Å². The van der Waals surface area contributed by atoms with Crippen molar-refractivity contribution in [3.8, 4) is 5.75 Å². The molecule has 1 aliphatic carbocycles. The van der Waals surface area contributed by atoms with Crippen LogP contribution in [0.1, 0.15) is 46.7 Å². The highest BCUT2D eigenvalue weighted by molar-refractivity contribution is 6.12. The van der Waals surface area contributed by atoms with Gasteiger partial charge in [-0.25, -0.2) is 0 Å². The fourth-order valence-corrected chi connectivity index (χ4v) is 5.13. The molecule has 3 heterocycles. The molecule has 2 aromatic heterocycles. The fraction of sp³-hybridized carbons (Fsp3) is 0.172. The number of methoxy groups -OCH3 is 1. The number of amides is 1. The minimum Gasteiger partial charge on any atom is -0.497 e. The number of carbonyl (C=O) groups is 2. The van der Waals surface area contributed by atoms with E-state index in [1.807, 2.05) is 42.5 Å². The minimum atomic E-state index is -0.731. The molecule has 0 saturated carbocycles. The normalized spacial score (nSPS) is 19.2. The molecule has 1 amide bonds. The van der Waals surface area contributed by atoms with E-state index in [-0.39, 0.29) is 24.0 Å². The van der Waals surface area contributed by atoms with Crippen LogP contribution in [0.3, 0.4) is 0 Å². The molecule has 1 N–H and O–H groups in total. The SMILES string of the molecule is COc1ccc(C(=O)N2c3ccccc3NC3=C(C(=O)C[C@@H](c4ccco4)C3)[C@H]2c2ccco2)cc1. The van der Waals surface area contributed by atoms with Crippen LogP contribution in [0.4, 0.5) is 11.4 Å². The van der Waals surface area contributed by atoms with E-state index in [1.54, 1.807) is 54.9 Å². The van der Waals surface area contributed by atoms with Gasteiger partial charge in [0.15, 0.2) is 5.78 Å². The van der Waals surface area contributed by atoms with Gasteiger partial charge in [-0.05, 0) is 67.1 Å². The zero-order chi connectivity index (χ0) is 24.6. The van der Waals surface area contributed by atoms with Gasteiger partial charge in [-0.15, -0.1) is 0 Å². The molecule has 6 rings (SSSR count). The third-order valence-corrected chi connectivity index (χ3v) is 6.80. The predicted molar refractivity (Wildman–Crippen MR) is 134 cm³/mol. The zero-order valence-corrected chi connectivity index (χ0v) is 19.6. The molecular weight excluding hydrogens is 456 g/mol. The van der Waals surface area contributed by atoms with E-state index in [9.17, 15) is 9.59 Å². The van der Waals surface area contributed by atoms with Crippen LogP contribution in [0.15, 0.2) is 105 Å². The summed E-state index contributed by atoms with van der Waals surface area (Å²) in [6, 6.07) is 21.1. The Morgan fingerprint density at radius 2 is 1.64 bits per heavy atom. The fourth-order valence-electron chi connectivity index (χ4n) is 5.13. The Balaban J connectivity index is 1.53. The third-order valence-electron chi connectivity index (χ3n) is 6.80. The summed E-state index contributed by atoms with van der Waals surface area (Å²) in [5.74, 6) is 1.56. The first-order valence-corrected chi connectivity index (χ1v) is 11.8. The molecule has 2 aromatic carbocycles. The highest BCUT2D eigenvalue weighted by Crippen LogP contribution is 2.47. The Labute approximate surface area is 208 Å². The van der Waals surface area contributed by atoms with Gasteiger partial charge in [0, 0.05) is 29.2 Å². The average Bonchev–Trinajstić information content (AvgIpc) is 3.61. The lowest BCUT2D eigenvalue weighted by molar-refractivity contribution is -0.116. The summed E-state index contributed by atoms with van der Waals surface area (Å²) in [6.45, 7) is 0. The topological polar surface area (TPSA) is 84.9 Å². The van der Waals surface area contributed by atoms with Gasteiger partial charge in [0.05, 0.1) is 31.0 Å². The Kier molecular flexibility index (Phi) is 5.45. The molecule has 0 spiro atoms. The molecular formula is C29H24N2O5. The number of anilines is 2. The summed E-state index contributed by atoms with van der Waals surface area (Å²) in [5.41, 5.74) is 3.19. The van der Waals surface area contributed by atoms with Gasteiger partial charge in [0.25, 0.3) is 5.91 Å². The van der Waals surface area contributed by atoms with E-state index in [2.05, 4.69) is 5.32 Å². The van der Waals surface area contributed by atoms with E-state index in [0.29, 0.717) is 34.8 Å². The van der Waals surface area contributed by atoms with Crippen molar-refractivity contribution < 1.29 is 23.2 Å². The van der Waals surface area contributed by atoms with Crippen molar-refractivity contribution in [1.29, 1.82) is 0 Å². The molecule has 0 unspecified atom stereocenters. The number of hydrogen-bond donors (Lipinski definition) is 1. The van der Waals surface area contributed by atoms with Crippen molar-refractivity contribution in [3.05, 3.63) is 114 Å². The number of para-hydroxylation sites is 2. The molecule has 0 fully saturated rings. The molecule has 180 valence electrons. The minimum absolute atomic E-state index is 0.0492. The summed E-state index contributed by atoms with van der Waals surface area (Å²) in [4.78, 5) is 29.6. The van der Waals surface area contributed by atoms with Gasteiger partial charge >= 0.3 is 0 Å². The summed E-state index contributed by atoms with van der Waals surface area (Å²) < 4.78 is 16.8. The number of hydrogen-bond acceptors (Lipinski definition) is 6.